The van der Waals surface area contributed by atoms with Crippen LogP contribution in [0.3, 0.4) is 0 Å². The summed E-state index contributed by atoms with van der Waals surface area (Å²) in [5.41, 5.74) is 1.73. The van der Waals surface area contributed by atoms with Crippen molar-refractivity contribution in [2.24, 2.45) is 0 Å². The maximum absolute atomic E-state index is 11.6. The normalized spacial score (nSPS) is 9.94. The summed E-state index contributed by atoms with van der Waals surface area (Å²) in [4.78, 5) is 11.6. The van der Waals surface area contributed by atoms with Crippen molar-refractivity contribution in [1.29, 1.82) is 0 Å². The largest absolute Gasteiger partial charge is 0.492 e. The highest BCUT2D eigenvalue weighted by atomic mass is 16.5. The van der Waals surface area contributed by atoms with Crippen LogP contribution in [0.4, 0.5) is 10.5 Å². The van der Waals surface area contributed by atoms with Gasteiger partial charge in [0.1, 0.15) is 5.75 Å². The minimum Gasteiger partial charge on any atom is -0.492 e. The van der Waals surface area contributed by atoms with Crippen LogP contribution in [0.15, 0.2) is 18.2 Å². The van der Waals surface area contributed by atoms with E-state index in [9.17, 15) is 4.79 Å². The summed E-state index contributed by atoms with van der Waals surface area (Å²) >= 11 is 0. The van der Waals surface area contributed by atoms with Crippen LogP contribution < -0.4 is 15.4 Å². The molecule has 0 unspecified atom stereocenters. The highest BCUT2D eigenvalue weighted by molar-refractivity contribution is 5.91. The minimum atomic E-state index is -0.265. The highest BCUT2D eigenvalue weighted by Gasteiger charge is 2.07. The fourth-order valence-electron chi connectivity index (χ4n) is 1.46. The molecule has 0 aliphatic rings. The molecule has 1 aromatic rings. The monoisotopic (exact) mass is 252 g/mol. The van der Waals surface area contributed by atoms with Gasteiger partial charge in [-0.2, -0.15) is 0 Å². The number of ether oxygens (including phenoxy) is 2. The first-order chi connectivity index (χ1) is 8.67. The zero-order valence-corrected chi connectivity index (χ0v) is 11.1. The van der Waals surface area contributed by atoms with Gasteiger partial charge >= 0.3 is 6.03 Å². The van der Waals surface area contributed by atoms with Gasteiger partial charge in [0.25, 0.3) is 0 Å². The second-order valence-corrected chi connectivity index (χ2v) is 3.81. The van der Waals surface area contributed by atoms with Gasteiger partial charge in [-0.15, -0.1) is 0 Å². The summed E-state index contributed by atoms with van der Waals surface area (Å²) in [5.74, 6) is 0.671. The standard InChI is InChI=1S/C13H20N2O3/c1-4-18-12-6-5-10(2)9-11(12)15-13(16)14-7-8-17-3/h5-6,9H,4,7-8H2,1-3H3,(H2,14,15,16). The quantitative estimate of drug-likeness (QED) is 0.763. The average Bonchev–Trinajstić information content (AvgIpc) is 2.33. The highest BCUT2D eigenvalue weighted by Crippen LogP contribution is 2.25. The number of anilines is 1. The van der Waals surface area contributed by atoms with Crippen molar-refractivity contribution >= 4 is 11.7 Å². The van der Waals surface area contributed by atoms with Crippen LogP contribution in [0.1, 0.15) is 12.5 Å². The van der Waals surface area contributed by atoms with Crippen LogP contribution in [0.5, 0.6) is 5.75 Å². The number of urea groups is 1. The second kappa shape index (κ2) is 7.55. The Morgan fingerprint density at radius 1 is 1.39 bits per heavy atom. The maximum atomic E-state index is 11.6. The van der Waals surface area contributed by atoms with Gasteiger partial charge in [0, 0.05) is 13.7 Å². The summed E-state index contributed by atoms with van der Waals surface area (Å²) in [6, 6.07) is 5.40. The van der Waals surface area contributed by atoms with Crippen LogP contribution in [0.25, 0.3) is 0 Å². The van der Waals surface area contributed by atoms with E-state index in [0.717, 1.165) is 5.56 Å². The van der Waals surface area contributed by atoms with Gasteiger partial charge in [-0.3, -0.25) is 0 Å². The number of hydrogen-bond acceptors (Lipinski definition) is 3. The molecule has 100 valence electrons. The summed E-state index contributed by atoms with van der Waals surface area (Å²) in [5, 5.41) is 5.45. The molecule has 5 heteroatoms. The molecule has 0 heterocycles. The molecule has 0 aliphatic carbocycles. The molecule has 0 aromatic heterocycles. The molecular weight excluding hydrogens is 232 g/mol. The van der Waals surface area contributed by atoms with E-state index in [4.69, 9.17) is 9.47 Å². The fourth-order valence-corrected chi connectivity index (χ4v) is 1.46. The summed E-state index contributed by atoms with van der Waals surface area (Å²) in [6.07, 6.45) is 0. The molecule has 1 aromatic carbocycles. The van der Waals surface area contributed by atoms with E-state index in [1.807, 2.05) is 32.0 Å². The number of benzene rings is 1. The van der Waals surface area contributed by atoms with Crippen molar-refractivity contribution in [1.82, 2.24) is 5.32 Å². The molecule has 0 bridgehead atoms. The van der Waals surface area contributed by atoms with Crippen LogP contribution in [-0.4, -0.2) is 32.9 Å². The number of aryl methyl sites for hydroxylation is 1. The Balaban J connectivity index is 2.63. The van der Waals surface area contributed by atoms with Gasteiger partial charge in [-0.25, -0.2) is 4.79 Å². The van der Waals surface area contributed by atoms with E-state index in [1.54, 1.807) is 7.11 Å². The number of carbonyl (C=O) groups excluding carboxylic acids is 1. The molecule has 0 fully saturated rings. The Hall–Kier alpha value is -1.75. The number of nitrogens with one attached hydrogen (secondary N) is 2. The minimum absolute atomic E-state index is 0.265. The Labute approximate surface area is 107 Å². The predicted molar refractivity (Wildman–Crippen MR) is 71.2 cm³/mol. The molecule has 2 N–H and O–H groups in total. The third-order valence-corrected chi connectivity index (χ3v) is 2.27. The van der Waals surface area contributed by atoms with Gasteiger partial charge in [0.2, 0.25) is 0 Å². The fraction of sp³-hybridized carbons (Fsp3) is 0.462. The third-order valence-electron chi connectivity index (χ3n) is 2.27. The molecule has 2 amide bonds. The van der Waals surface area contributed by atoms with Crippen molar-refractivity contribution in [2.45, 2.75) is 13.8 Å². The lowest BCUT2D eigenvalue weighted by Crippen LogP contribution is -2.31. The molecule has 18 heavy (non-hydrogen) atoms. The smallest absolute Gasteiger partial charge is 0.319 e. The Morgan fingerprint density at radius 2 is 2.17 bits per heavy atom. The van der Waals surface area contributed by atoms with Gasteiger partial charge in [0.15, 0.2) is 0 Å². The van der Waals surface area contributed by atoms with Gasteiger partial charge in [-0.05, 0) is 31.5 Å². The number of rotatable bonds is 6. The first kappa shape index (κ1) is 14.3. The molecule has 0 aliphatic heterocycles. The van der Waals surface area contributed by atoms with E-state index < -0.39 is 0 Å². The summed E-state index contributed by atoms with van der Waals surface area (Å²) in [7, 11) is 1.59. The van der Waals surface area contributed by atoms with Crippen LogP contribution in [0.2, 0.25) is 0 Å². The average molecular weight is 252 g/mol. The zero-order chi connectivity index (χ0) is 13.4. The molecule has 1 rings (SSSR count). The summed E-state index contributed by atoms with van der Waals surface area (Å²) < 4.78 is 10.3. The van der Waals surface area contributed by atoms with Crippen LogP contribution in [-0.2, 0) is 4.74 Å². The number of amides is 2. The maximum Gasteiger partial charge on any atom is 0.319 e. The molecule has 0 spiro atoms. The first-order valence-electron chi connectivity index (χ1n) is 5.94. The van der Waals surface area contributed by atoms with Crippen molar-refractivity contribution in [3.63, 3.8) is 0 Å². The molecule has 0 saturated carbocycles. The number of carbonyl (C=O) groups is 1. The third kappa shape index (κ3) is 4.63. The Bertz CT molecular complexity index is 394. The molecule has 0 saturated heterocycles. The molecule has 5 nitrogen and oxygen atoms in total. The van der Waals surface area contributed by atoms with E-state index in [2.05, 4.69) is 10.6 Å². The van der Waals surface area contributed by atoms with Gasteiger partial charge in [0.05, 0.1) is 18.9 Å². The van der Waals surface area contributed by atoms with Crippen molar-refractivity contribution < 1.29 is 14.3 Å². The van der Waals surface area contributed by atoms with E-state index >= 15 is 0 Å². The van der Waals surface area contributed by atoms with E-state index in [-0.39, 0.29) is 6.03 Å². The van der Waals surface area contributed by atoms with Gasteiger partial charge in [-0.1, -0.05) is 6.07 Å². The lowest BCUT2D eigenvalue weighted by atomic mass is 10.2. The van der Waals surface area contributed by atoms with Crippen molar-refractivity contribution in [2.75, 3.05) is 32.2 Å². The van der Waals surface area contributed by atoms with Gasteiger partial charge < -0.3 is 20.1 Å². The van der Waals surface area contributed by atoms with Crippen LogP contribution >= 0.6 is 0 Å². The second-order valence-electron chi connectivity index (χ2n) is 3.81. The number of hydrogen-bond donors (Lipinski definition) is 2. The lowest BCUT2D eigenvalue weighted by Gasteiger charge is -2.12. The first-order valence-corrected chi connectivity index (χ1v) is 5.94. The van der Waals surface area contributed by atoms with Crippen LogP contribution in [0, 0.1) is 6.92 Å². The molecular formula is C13H20N2O3. The SMILES string of the molecule is CCOc1ccc(C)cc1NC(=O)NCCOC. The van der Waals surface area contributed by atoms with E-state index in [1.165, 1.54) is 0 Å². The Kier molecular flexibility index (Phi) is 6.00. The lowest BCUT2D eigenvalue weighted by molar-refractivity contribution is 0.198. The Morgan fingerprint density at radius 3 is 2.83 bits per heavy atom. The molecule has 0 radical (unpaired) electrons. The summed E-state index contributed by atoms with van der Waals surface area (Å²) in [6.45, 7) is 5.38. The predicted octanol–water partition coefficient (Wildman–Crippen LogP) is 2.16. The molecule has 0 atom stereocenters. The van der Waals surface area contributed by atoms with Crippen molar-refractivity contribution in [3.05, 3.63) is 23.8 Å². The number of methoxy groups -OCH3 is 1. The zero-order valence-electron chi connectivity index (χ0n) is 11.1. The van der Waals surface area contributed by atoms with E-state index in [0.29, 0.717) is 31.2 Å². The van der Waals surface area contributed by atoms with Crippen molar-refractivity contribution in [3.8, 4) is 5.75 Å². The topological polar surface area (TPSA) is 59.6 Å².